The second-order valence-corrected chi connectivity index (χ2v) is 22.1. The number of carbonyl (C=O) groups excluding carboxylic acids is 3. The summed E-state index contributed by atoms with van der Waals surface area (Å²) in [5.41, 5.74) is 9.23. The second kappa shape index (κ2) is 33.0. The lowest BCUT2D eigenvalue weighted by molar-refractivity contribution is -0.139. The Morgan fingerprint density at radius 1 is 0.872 bits per heavy atom. The van der Waals surface area contributed by atoms with E-state index in [1.807, 2.05) is 29.1 Å². The first-order chi connectivity index (χ1) is 45.4. The van der Waals surface area contributed by atoms with E-state index in [4.69, 9.17) is 36.3 Å². The summed E-state index contributed by atoms with van der Waals surface area (Å²) in [5, 5.41) is 39.2. The van der Waals surface area contributed by atoms with Crippen LogP contribution in [0.3, 0.4) is 0 Å². The maximum atomic E-state index is 15.7. The molecule has 6 aromatic heterocycles. The number of aromatic nitrogens is 11. The number of piperazine rings is 1. The predicted molar refractivity (Wildman–Crippen MR) is 339 cm³/mol. The van der Waals surface area contributed by atoms with Crippen molar-refractivity contribution in [1.29, 1.82) is 5.26 Å². The topological polar surface area (TPSA) is 387 Å². The van der Waals surface area contributed by atoms with Gasteiger partial charge in [0.15, 0.2) is 17.0 Å². The number of ether oxygens (including phenoxy) is 4. The summed E-state index contributed by atoms with van der Waals surface area (Å²) in [6.45, 7) is 9.21. The highest BCUT2D eigenvalue weighted by molar-refractivity contribution is 6.35. The Morgan fingerprint density at radius 3 is 2.34 bits per heavy atom. The van der Waals surface area contributed by atoms with Crippen molar-refractivity contribution in [3.63, 3.8) is 0 Å². The van der Waals surface area contributed by atoms with Gasteiger partial charge in [-0.05, 0) is 69.8 Å². The van der Waals surface area contributed by atoms with E-state index in [9.17, 15) is 38.7 Å². The van der Waals surface area contributed by atoms with Gasteiger partial charge in [0.2, 0.25) is 23.7 Å². The van der Waals surface area contributed by atoms with Gasteiger partial charge in [-0.25, -0.2) is 48.2 Å². The second-order valence-electron chi connectivity index (χ2n) is 21.7. The first-order valence-corrected chi connectivity index (χ1v) is 30.3. The van der Waals surface area contributed by atoms with Crippen LogP contribution in [0.25, 0.3) is 33.5 Å². The van der Waals surface area contributed by atoms with E-state index >= 15 is 4.39 Å². The minimum absolute atomic E-state index is 0.0411. The van der Waals surface area contributed by atoms with Gasteiger partial charge in [0.25, 0.3) is 11.5 Å². The molecule has 1 aliphatic heterocycles. The molecule has 0 unspecified atom stereocenters. The van der Waals surface area contributed by atoms with E-state index in [0.717, 1.165) is 5.69 Å². The molecule has 0 bridgehead atoms. The molecule has 0 saturated carbocycles. The average molecular weight is 1320 g/mol. The van der Waals surface area contributed by atoms with Crippen molar-refractivity contribution in [3.8, 4) is 17.3 Å². The molecular formula is C61H69ClF2N20O10. The van der Waals surface area contributed by atoms with Crippen LogP contribution in [0, 0.1) is 29.9 Å². The quantitative estimate of drug-likeness (QED) is 0.0288. The van der Waals surface area contributed by atoms with Crippen molar-refractivity contribution in [2.75, 3.05) is 120 Å². The van der Waals surface area contributed by atoms with Crippen molar-refractivity contribution in [3.05, 3.63) is 134 Å². The Hall–Kier alpha value is -10.0. The van der Waals surface area contributed by atoms with E-state index < -0.39 is 47.1 Å². The zero-order valence-corrected chi connectivity index (χ0v) is 52.4. The number of nitrogens with one attached hydrogen (secondary N) is 5. The predicted octanol–water partition coefficient (Wildman–Crippen LogP) is 3.81. The first-order valence-electron chi connectivity index (χ1n) is 29.9. The van der Waals surface area contributed by atoms with Gasteiger partial charge in [-0.3, -0.25) is 29.1 Å². The van der Waals surface area contributed by atoms with Crippen LogP contribution in [0.1, 0.15) is 64.4 Å². The SMILES string of the molecule is Cc1nc2cc(F)c(-c3cnc(N4CCN(C(=O)COCCn5cc(CN(C)CCOCCOCCOCCNC(=O)CC[C@H](NC(=O)c6ccc(NCc7cnc8nc(N)[nH]c(=O)c8n7)cc6)C(=O)O)nn5)CC4)nc3)nc2c(N[C@H](C)c2cc(C#N)ccc2F)c1Cl. The first kappa shape index (κ1) is 68.3. The highest BCUT2D eigenvalue weighted by Crippen LogP contribution is 2.37. The fourth-order valence-electron chi connectivity index (χ4n) is 9.76. The number of likely N-dealkylation sites (N-methyl/N-ethyl adjacent to an activating group) is 1. The highest BCUT2D eigenvalue weighted by Gasteiger charge is 2.26. The number of hydrogen-bond acceptors (Lipinski definition) is 24. The number of rotatable bonds is 33. The van der Waals surface area contributed by atoms with E-state index in [0.29, 0.717) is 107 Å². The lowest BCUT2D eigenvalue weighted by Crippen LogP contribution is -2.50. The highest BCUT2D eigenvalue weighted by atomic mass is 35.5. The molecule has 3 amide bonds. The number of benzene rings is 2. The number of aliphatic carboxylic acids is 1. The summed E-state index contributed by atoms with van der Waals surface area (Å²) >= 11 is 6.72. The molecule has 494 valence electrons. The van der Waals surface area contributed by atoms with Gasteiger partial charge in [-0.2, -0.15) is 10.2 Å². The summed E-state index contributed by atoms with van der Waals surface area (Å²) in [5.74, 6) is -3.30. The minimum Gasteiger partial charge on any atom is -0.480 e. The fraction of sp³-hybridized carbons (Fsp3) is 0.393. The van der Waals surface area contributed by atoms with Crippen LogP contribution in [0.5, 0.6) is 0 Å². The molecule has 8 N–H and O–H groups in total. The Morgan fingerprint density at radius 2 is 1.61 bits per heavy atom. The average Bonchev–Trinajstić information content (AvgIpc) is 0.875. The lowest BCUT2D eigenvalue weighted by Gasteiger charge is -2.34. The maximum absolute atomic E-state index is 15.7. The number of aromatic amines is 1. The zero-order chi connectivity index (χ0) is 66.7. The Bertz CT molecular complexity index is 4060. The molecule has 7 heterocycles. The number of halogens is 3. The summed E-state index contributed by atoms with van der Waals surface area (Å²) in [6.07, 6.45) is 5.94. The molecule has 2 atom stereocenters. The number of hydrogen-bond donors (Lipinski definition) is 7. The van der Waals surface area contributed by atoms with Gasteiger partial charge in [0.05, 0.1) is 117 Å². The van der Waals surface area contributed by atoms with Gasteiger partial charge < -0.3 is 60.9 Å². The molecule has 1 saturated heterocycles. The number of carboxylic acid groups (broad SMARTS) is 1. The summed E-state index contributed by atoms with van der Waals surface area (Å²) < 4.78 is 54.7. The van der Waals surface area contributed by atoms with Crippen molar-refractivity contribution in [2.24, 2.45) is 0 Å². The lowest BCUT2D eigenvalue weighted by atomic mass is 10.0. The number of carboxylic acids is 1. The summed E-state index contributed by atoms with van der Waals surface area (Å²) in [6, 6.07) is 11.6. The number of nitrogens with zero attached hydrogens (tertiary/aromatic N) is 14. The van der Waals surface area contributed by atoms with E-state index in [1.54, 1.807) is 35.6 Å². The number of carbonyl (C=O) groups is 4. The normalized spacial score (nSPS) is 13.0. The Kier molecular flexibility index (Phi) is 24.0. The third kappa shape index (κ3) is 18.8. The monoisotopic (exact) mass is 1310 g/mol. The van der Waals surface area contributed by atoms with Crippen LogP contribution in [0.2, 0.25) is 5.02 Å². The standard InChI is InChI=1S/C61H69ClF2N20O10/c1-36(44-26-38(28-65)4-9-45(44)63)73-54-51(62)37(2)72-48-27-46(64)52(76-53(48)54)40-29-70-61(71-30-40)83-15-13-82(14-16-83)50(86)35-94-21-18-84-34-43(79-80-84)33-81(3)17-20-92-23-25-93-24-22-91-19-12-67-49(85)11-10-47(59(89)90)75-57(87)39-5-7-41(8-6-39)68-31-42-32-69-56-55(74-42)58(88)78-60(66)77-56/h4-9,26-27,29-30,32,34,36,47,68H,10-25,31,33,35H2,1-3H3,(H,67,85)(H,72,73)(H,75,87)(H,89,90)(H3,66,69,77,78,88)/t36-,47+/m1/s1. The van der Waals surface area contributed by atoms with Gasteiger partial charge >= 0.3 is 5.97 Å². The molecule has 9 rings (SSSR count). The molecule has 33 heteroatoms. The number of aryl methyl sites for hydroxylation is 1. The third-order valence-corrected chi connectivity index (χ3v) is 15.3. The zero-order valence-electron chi connectivity index (χ0n) is 51.6. The number of fused-ring (bicyclic) bond motifs is 2. The number of amides is 3. The van der Waals surface area contributed by atoms with Crippen LogP contribution >= 0.6 is 11.6 Å². The largest absolute Gasteiger partial charge is 0.480 e. The van der Waals surface area contributed by atoms with Crippen LogP contribution in [0.15, 0.2) is 78.1 Å². The van der Waals surface area contributed by atoms with Crippen LogP contribution < -0.4 is 37.5 Å². The number of nitrogen functional groups attached to an aromatic ring is 1. The molecule has 0 aliphatic carbocycles. The Labute approximate surface area is 541 Å². The smallest absolute Gasteiger partial charge is 0.326 e. The van der Waals surface area contributed by atoms with Crippen LogP contribution in [-0.4, -0.2) is 199 Å². The van der Waals surface area contributed by atoms with Gasteiger partial charge in [0.1, 0.15) is 29.7 Å². The van der Waals surface area contributed by atoms with Crippen LogP contribution in [0.4, 0.5) is 32.1 Å². The van der Waals surface area contributed by atoms with Gasteiger partial charge in [-0.1, -0.05) is 16.8 Å². The number of pyridine rings is 2. The van der Waals surface area contributed by atoms with E-state index in [2.05, 4.69) is 71.5 Å². The minimum atomic E-state index is -1.31. The van der Waals surface area contributed by atoms with Crippen molar-refractivity contribution in [2.45, 2.75) is 58.4 Å². The molecule has 0 radical (unpaired) electrons. The molecule has 30 nitrogen and oxygen atoms in total. The number of H-pyrrole nitrogens is 1. The molecule has 0 spiro atoms. The molecule has 1 fully saturated rings. The van der Waals surface area contributed by atoms with Crippen molar-refractivity contribution in [1.82, 2.24) is 75.3 Å². The molecular weight excluding hydrogens is 1250 g/mol. The summed E-state index contributed by atoms with van der Waals surface area (Å²) in [4.78, 5) is 101. The van der Waals surface area contributed by atoms with E-state index in [1.165, 1.54) is 55.0 Å². The van der Waals surface area contributed by atoms with Crippen molar-refractivity contribution < 1.29 is 52.0 Å². The molecule has 8 aromatic rings. The van der Waals surface area contributed by atoms with Gasteiger partial charge in [0, 0.05) is 99.3 Å². The van der Waals surface area contributed by atoms with Crippen LogP contribution in [-0.2, 0) is 53.0 Å². The molecule has 2 aromatic carbocycles. The fourth-order valence-corrected chi connectivity index (χ4v) is 9.95. The number of nitrogens with two attached hydrogens (primary N) is 1. The third-order valence-electron chi connectivity index (χ3n) is 14.8. The number of anilines is 4. The molecule has 94 heavy (non-hydrogen) atoms. The Balaban J connectivity index is 0.576. The number of nitriles is 1. The van der Waals surface area contributed by atoms with Gasteiger partial charge in [-0.15, -0.1) is 5.10 Å². The maximum Gasteiger partial charge on any atom is 0.326 e. The van der Waals surface area contributed by atoms with Crippen molar-refractivity contribution >= 4 is 80.8 Å². The van der Waals surface area contributed by atoms with E-state index in [-0.39, 0.29) is 114 Å². The molecule has 1 aliphatic rings. The summed E-state index contributed by atoms with van der Waals surface area (Å²) in [7, 11) is 1.94.